The molecular weight excluding hydrogens is 474 g/mol. The van der Waals surface area contributed by atoms with Crippen LogP contribution in [-0.2, 0) is 35.1 Å². The number of fused-ring (bicyclic) bond motifs is 1. The number of hydrogen-bond acceptors (Lipinski definition) is 6. The molecule has 0 spiro atoms. The molecule has 8 heteroatoms. The number of carbonyl (C=O) groups is 4. The summed E-state index contributed by atoms with van der Waals surface area (Å²) in [4.78, 5) is 51.0. The molecule has 0 bridgehead atoms. The molecule has 0 fully saturated rings. The molecule has 0 aromatic heterocycles. The van der Waals surface area contributed by atoms with Crippen LogP contribution in [-0.4, -0.2) is 52.6 Å². The predicted molar refractivity (Wildman–Crippen MR) is 141 cm³/mol. The van der Waals surface area contributed by atoms with Gasteiger partial charge in [-0.3, -0.25) is 9.59 Å². The highest BCUT2D eigenvalue weighted by molar-refractivity contribution is 6.35. The summed E-state index contributed by atoms with van der Waals surface area (Å²) in [5, 5.41) is 13.9. The summed E-state index contributed by atoms with van der Waals surface area (Å²) in [6.45, 7) is 13.6. The monoisotopic (exact) mass is 513 g/mol. The van der Waals surface area contributed by atoms with Gasteiger partial charge in [-0.25, -0.2) is 9.59 Å². The lowest BCUT2D eigenvalue weighted by Crippen LogP contribution is -2.55. The highest BCUT2D eigenvalue weighted by atomic mass is 16.6. The lowest BCUT2D eigenvalue weighted by molar-refractivity contribution is -0.178. The molecular formula is C29H39NO7. The fourth-order valence-electron chi connectivity index (χ4n) is 3.97. The third-order valence-electron chi connectivity index (χ3n) is 5.66. The molecule has 0 heterocycles. The fourth-order valence-corrected chi connectivity index (χ4v) is 3.97. The SMILES string of the molecule is CC(C)O[C@H](C(=O)OC(C)(C)C)[C@@H](Cc1ccc2ccccc2c1)C(=O)N[C@H](C(=O)C(=O)O)C(C)(C)C. The molecule has 0 aliphatic rings. The third-order valence-corrected chi connectivity index (χ3v) is 5.66. The number of carbonyl (C=O) groups excluding carboxylic acids is 3. The van der Waals surface area contributed by atoms with Gasteiger partial charge < -0.3 is 19.9 Å². The van der Waals surface area contributed by atoms with Crippen molar-refractivity contribution >= 4 is 34.4 Å². The van der Waals surface area contributed by atoms with Crippen molar-refractivity contribution in [2.24, 2.45) is 11.3 Å². The number of aliphatic carboxylic acids is 1. The van der Waals surface area contributed by atoms with Gasteiger partial charge in [0.2, 0.25) is 5.91 Å². The Hall–Kier alpha value is -3.26. The molecule has 1 amide bonds. The zero-order valence-corrected chi connectivity index (χ0v) is 23.0. The van der Waals surface area contributed by atoms with E-state index in [1.165, 1.54) is 0 Å². The molecule has 2 aromatic carbocycles. The largest absolute Gasteiger partial charge is 0.475 e. The molecule has 2 rings (SSSR count). The van der Waals surface area contributed by atoms with Gasteiger partial charge in [0.05, 0.1) is 12.0 Å². The highest BCUT2D eigenvalue weighted by Gasteiger charge is 2.42. The molecule has 2 aromatic rings. The second kappa shape index (κ2) is 11.9. The first-order valence-electron chi connectivity index (χ1n) is 12.4. The summed E-state index contributed by atoms with van der Waals surface area (Å²) in [6, 6.07) is 12.2. The summed E-state index contributed by atoms with van der Waals surface area (Å²) in [6.07, 6.45) is -1.60. The number of ether oxygens (including phenoxy) is 2. The van der Waals surface area contributed by atoms with Gasteiger partial charge in [-0.1, -0.05) is 63.2 Å². The molecule has 0 aliphatic carbocycles. The van der Waals surface area contributed by atoms with Gasteiger partial charge in [-0.05, 0) is 62.8 Å². The van der Waals surface area contributed by atoms with Crippen LogP contribution in [0.3, 0.4) is 0 Å². The lowest BCUT2D eigenvalue weighted by atomic mass is 9.83. The van der Waals surface area contributed by atoms with Crippen molar-refractivity contribution in [3.63, 3.8) is 0 Å². The van der Waals surface area contributed by atoms with E-state index < -0.39 is 58.8 Å². The summed E-state index contributed by atoms with van der Waals surface area (Å²) in [5.74, 6) is -5.25. The molecule has 202 valence electrons. The number of carboxylic acids is 1. The molecule has 0 saturated carbocycles. The highest BCUT2D eigenvalue weighted by Crippen LogP contribution is 2.26. The van der Waals surface area contributed by atoms with Gasteiger partial charge in [-0.15, -0.1) is 0 Å². The smallest absolute Gasteiger partial charge is 0.374 e. The molecule has 2 N–H and O–H groups in total. The Labute approximate surface area is 218 Å². The van der Waals surface area contributed by atoms with Crippen LogP contribution in [0.5, 0.6) is 0 Å². The topological polar surface area (TPSA) is 119 Å². The molecule has 0 radical (unpaired) electrons. The van der Waals surface area contributed by atoms with Gasteiger partial charge in [0, 0.05) is 0 Å². The van der Waals surface area contributed by atoms with Crippen LogP contribution in [0.4, 0.5) is 0 Å². The molecule has 37 heavy (non-hydrogen) atoms. The predicted octanol–water partition coefficient (Wildman–Crippen LogP) is 4.32. The Bertz CT molecular complexity index is 1140. The number of benzene rings is 2. The van der Waals surface area contributed by atoms with Crippen molar-refractivity contribution in [3.05, 3.63) is 48.0 Å². The van der Waals surface area contributed by atoms with E-state index in [4.69, 9.17) is 9.47 Å². The molecule has 3 atom stereocenters. The minimum Gasteiger partial charge on any atom is -0.475 e. The van der Waals surface area contributed by atoms with Crippen LogP contribution in [0.1, 0.15) is 61.0 Å². The zero-order chi connectivity index (χ0) is 28.1. The molecule has 0 saturated heterocycles. The Morgan fingerprint density at radius 2 is 1.51 bits per heavy atom. The molecule has 0 aliphatic heterocycles. The first kappa shape index (κ1) is 30.0. The van der Waals surface area contributed by atoms with Crippen molar-refractivity contribution in [2.75, 3.05) is 0 Å². The summed E-state index contributed by atoms with van der Waals surface area (Å²) >= 11 is 0. The van der Waals surface area contributed by atoms with Crippen molar-refractivity contribution in [2.45, 2.75) is 85.7 Å². The maximum atomic E-state index is 13.7. The first-order chi connectivity index (χ1) is 17.0. The maximum Gasteiger partial charge on any atom is 0.374 e. The number of amides is 1. The number of carboxylic acid groups (broad SMARTS) is 1. The van der Waals surface area contributed by atoms with Crippen LogP contribution in [0.2, 0.25) is 0 Å². The quantitative estimate of drug-likeness (QED) is 0.359. The number of ketones is 1. The normalized spacial score (nSPS) is 14.6. The summed E-state index contributed by atoms with van der Waals surface area (Å²) in [7, 11) is 0. The fraction of sp³-hybridized carbons (Fsp3) is 0.517. The first-order valence-corrected chi connectivity index (χ1v) is 12.4. The van der Waals surface area contributed by atoms with Gasteiger partial charge >= 0.3 is 11.9 Å². The van der Waals surface area contributed by atoms with Gasteiger partial charge in [-0.2, -0.15) is 0 Å². The standard InChI is InChI=1S/C29H39NO7/c1-17(2)36-23(27(35)37-29(6,7)8)21(16-18-13-14-19-11-9-10-12-20(19)15-18)25(32)30-24(28(3,4)5)22(31)26(33)34/h9-15,17,21,23-24H,16H2,1-8H3,(H,30,32)(H,33,34)/t21-,23+,24-/m1/s1. The van der Waals surface area contributed by atoms with Crippen molar-refractivity contribution in [3.8, 4) is 0 Å². The van der Waals surface area contributed by atoms with E-state index in [1.54, 1.807) is 55.4 Å². The number of nitrogens with one attached hydrogen (secondary N) is 1. The van der Waals surface area contributed by atoms with Crippen LogP contribution < -0.4 is 5.32 Å². The Morgan fingerprint density at radius 3 is 2.03 bits per heavy atom. The Morgan fingerprint density at radius 1 is 0.919 bits per heavy atom. The van der Waals surface area contributed by atoms with E-state index in [1.807, 2.05) is 42.5 Å². The van der Waals surface area contributed by atoms with Crippen molar-refractivity contribution in [1.82, 2.24) is 5.32 Å². The van der Waals surface area contributed by atoms with Crippen LogP contribution in [0, 0.1) is 11.3 Å². The summed E-state index contributed by atoms with van der Waals surface area (Å²) < 4.78 is 11.5. The van der Waals surface area contributed by atoms with Gasteiger partial charge in [0.25, 0.3) is 5.78 Å². The van der Waals surface area contributed by atoms with E-state index in [-0.39, 0.29) is 6.42 Å². The van der Waals surface area contributed by atoms with Crippen LogP contribution >= 0.6 is 0 Å². The van der Waals surface area contributed by atoms with Crippen LogP contribution in [0.15, 0.2) is 42.5 Å². The minimum atomic E-state index is -1.64. The van der Waals surface area contributed by atoms with E-state index in [9.17, 15) is 24.3 Å². The van der Waals surface area contributed by atoms with Crippen molar-refractivity contribution in [1.29, 1.82) is 0 Å². The average Bonchev–Trinajstić information content (AvgIpc) is 2.76. The second-order valence-corrected chi connectivity index (χ2v) is 11.6. The van der Waals surface area contributed by atoms with Crippen molar-refractivity contribution < 1.29 is 33.8 Å². The van der Waals surface area contributed by atoms with Gasteiger partial charge in [0.15, 0.2) is 6.10 Å². The number of hydrogen-bond donors (Lipinski definition) is 2. The summed E-state index contributed by atoms with van der Waals surface area (Å²) in [5.41, 5.74) is -0.942. The van der Waals surface area contributed by atoms with E-state index >= 15 is 0 Å². The number of esters is 1. The molecule has 0 unspecified atom stereocenters. The number of Topliss-reactive ketones (excluding diaryl/α,β-unsaturated/α-hetero) is 1. The van der Waals surface area contributed by atoms with E-state index in [2.05, 4.69) is 5.32 Å². The van der Waals surface area contributed by atoms with Crippen LogP contribution in [0.25, 0.3) is 10.8 Å². The molecule has 8 nitrogen and oxygen atoms in total. The Kier molecular flexibility index (Phi) is 9.60. The lowest BCUT2D eigenvalue weighted by Gasteiger charge is -2.33. The maximum absolute atomic E-state index is 13.7. The Balaban J connectivity index is 2.55. The third kappa shape index (κ3) is 8.67. The van der Waals surface area contributed by atoms with E-state index in [0.717, 1.165) is 16.3 Å². The second-order valence-electron chi connectivity index (χ2n) is 11.6. The van der Waals surface area contributed by atoms with Gasteiger partial charge in [0.1, 0.15) is 11.6 Å². The minimum absolute atomic E-state index is 0.103. The zero-order valence-electron chi connectivity index (χ0n) is 23.0. The number of rotatable bonds is 10. The van der Waals surface area contributed by atoms with E-state index in [0.29, 0.717) is 0 Å². The average molecular weight is 514 g/mol.